The van der Waals surface area contributed by atoms with Gasteiger partial charge >= 0.3 is 5.97 Å². The molecule has 1 unspecified atom stereocenters. The summed E-state index contributed by atoms with van der Waals surface area (Å²) in [5.74, 6) is -0.733. The molecule has 0 bridgehead atoms. The van der Waals surface area contributed by atoms with Gasteiger partial charge in [0.25, 0.3) is 0 Å². The van der Waals surface area contributed by atoms with Gasteiger partial charge in [0, 0.05) is 12.6 Å². The van der Waals surface area contributed by atoms with Gasteiger partial charge in [-0.1, -0.05) is 37.6 Å². The molecule has 1 aromatic carbocycles. The highest BCUT2D eigenvalue weighted by atomic mass is 16.4. The van der Waals surface area contributed by atoms with E-state index in [4.69, 9.17) is 5.11 Å². The number of rotatable bonds is 8. The number of carbonyl (C=O) groups is 1. The highest BCUT2D eigenvalue weighted by molar-refractivity contribution is 5.67. The molecular formula is C16H25NO2. The third-order valence-electron chi connectivity index (χ3n) is 3.54. The Balaban J connectivity index is 2.41. The van der Waals surface area contributed by atoms with E-state index in [0.29, 0.717) is 0 Å². The third-order valence-corrected chi connectivity index (χ3v) is 3.54. The lowest BCUT2D eigenvalue weighted by Gasteiger charge is -2.23. The largest absolute Gasteiger partial charge is 0.481 e. The van der Waals surface area contributed by atoms with Crippen molar-refractivity contribution in [1.82, 2.24) is 4.90 Å². The molecule has 0 aromatic heterocycles. The number of carboxylic acids is 1. The molecule has 3 nitrogen and oxygen atoms in total. The van der Waals surface area contributed by atoms with Crippen molar-refractivity contribution in [2.75, 3.05) is 13.6 Å². The van der Waals surface area contributed by atoms with Gasteiger partial charge in [-0.25, -0.2) is 0 Å². The van der Waals surface area contributed by atoms with Crippen molar-refractivity contribution in [1.29, 1.82) is 0 Å². The summed E-state index contributed by atoms with van der Waals surface area (Å²) in [4.78, 5) is 12.8. The maximum Gasteiger partial charge on any atom is 0.304 e. The van der Waals surface area contributed by atoms with Gasteiger partial charge in [-0.3, -0.25) is 4.79 Å². The molecule has 1 aromatic rings. The molecule has 0 radical (unpaired) electrons. The van der Waals surface area contributed by atoms with Crippen LogP contribution in [0.4, 0.5) is 0 Å². The highest BCUT2D eigenvalue weighted by Crippen LogP contribution is 2.09. The van der Waals surface area contributed by atoms with E-state index in [2.05, 4.69) is 36.1 Å². The Morgan fingerprint density at radius 3 is 2.21 bits per heavy atom. The summed E-state index contributed by atoms with van der Waals surface area (Å²) >= 11 is 0. The normalized spacial score (nSPS) is 12.6. The Kier molecular flexibility index (Phi) is 6.57. The summed E-state index contributed by atoms with van der Waals surface area (Å²) in [6, 6.07) is 8.83. The topological polar surface area (TPSA) is 40.5 Å². The number of carboxylic acid groups (broad SMARTS) is 1. The smallest absolute Gasteiger partial charge is 0.304 e. The number of aryl methyl sites for hydroxylation is 1. The first kappa shape index (κ1) is 15.7. The molecule has 0 heterocycles. The molecule has 19 heavy (non-hydrogen) atoms. The van der Waals surface area contributed by atoms with Gasteiger partial charge in [0.1, 0.15) is 0 Å². The zero-order valence-corrected chi connectivity index (χ0v) is 12.2. The van der Waals surface area contributed by atoms with E-state index in [1.54, 1.807) is 0 Å². The van der Waals surface area contributed by atoms with Gasteiger partial charge in [0.05, 0.1) is 6.42 Å². The second-order valence-corrected chi connectivity index (χ2v) is 5.24. The molecule has 0 aliphatic rings. The van der Waals surface area contributed by atoms with Gasteiger partial charge in [-0.05, 0) is 37.9 Å². The third kappa shape index (κ3) is 5.88. The van der Waals surface area contributed by atoms with Crippen molar-refractivity contribution >= 4 is 5.97 Å². The lowest BCUT2D eigenvalue weighted by atomic mass is 10.1. The number of likely N-dealkylation sites (N-methyl/N-ethyl adjacent to an activating group) is 1. The van der Waals surface area contributed by atoms with Gasteiger partial charge in [0.2, 0.25) is 0 Å². The molecule has 0 aliphatic heterocycles. The molecule has 0 aliphatic carbocycles. The van der Waals surface area contributed by atoms with E-state index >= 15 is 0 Å². The molecule has 0 fully saturated rings. The van der Waals surface area contributed by atoms with Crippen LogP contribution in [0.1, 0.15) is 37.8 Å². The van der Waals surface area contributed by atoms with E-state index in [9.17, 15) is 4.79 Å². The molecule has 1 rings (SSSR count). The number of aliphatic carboxylic acids is 1. The van der Waals surface area contributed by atoms with Crippen LogP contribution in [0.25, 0.3) is 0 Å². The predicted octanol–water partition coefficient (Wildman–Crippen LogP) is 2.98. The fraction of sp³-hybridized carbons (Fsp3) is 0.562. The summed E-state index contributed by atoms with van der Waals surface area (Å²) in [6.45, 7) is 5.03. The molecule has 0 amide bonds. The molecule has 3 heteroatoms. The minimum atomic E-state index is -0.733. The van der Waals surface area contributed by atoms with Gasteiger partial charge < -0.3 is 10.0 Å². The van der Waals surface area contributed by atoms with Crippen molar-refractivity contribution in [3.63, 3.8) is 0 Å². The molecule has 0 saturated carbocycles. The van der Waals surface area contributed by atoms with Crippen molar-refractivity contribution in [3.05, 3.63) is 35.4 Å². The van der Waals surface area contributed by atoms with Crippen molar-refractivity contribution in [2.24, 2.45) is 0 Å². The van der Waals surface area contributed by atoms with Crippen LogP contribution in [0.3, 0.4) is 0 Å². The zero-order chi connectivity index (χ0) is 14.3. The molecule has 106 valence electrons. The Hall–Kier alpha value is -1.35. The van der Waals surface area contributed by atoms with Gasteiger partial charge in [0.15, 0.2) is 0 Å². The van der Waals surface area contributed by atoms with E-state index in [0.717, 1.165) is 19.4 Å². The summed E-state index contributed by atoms with van der Waals surface area (Å²) in [5.41, 5.74) is 2.70. The molecule has 1 N–H and O–H groups in total. The number of hydrogen-bond acceptors (Lipinski definition) is 2. The van der Waals surface area contributed by atoms with E-state index in [1.807, 2.05) is 14.0 Å². The maximum atomic E-state index is 10.7. The Morgan fingerprint density at radius 2 is 1.74 bits per heavy atom. The van der Waals surface area contributed by atoms with Crippen molar-refractivity contribution in [3.8, 4) is 0 Å². The maximum absolute atomic E-state index is 10.7. The molecule has 0 saturated heterocycles. The fourth-order valence-corrected chi connectivity index (χ4v) is 2.10. The Labute approximate surface area is 116 Å². The Bertz CT molecular complexity index is 386. The predicted molar refractivity (Wildman–Crippen MR) is 78.5 cm³/mol. The molecule has 0 spiro atoms. The standard InChI is InChI=1S/C16H25NO2/c1-4-5-14-6-8-15(9-7-14)10-11-17(3)13(2)12-16(18)19/h6-9,13H,4-5,10-12H2,1-3H3,(H,18,19). The van der Waals surface area contributed by atoms with Crippen molar-refractivity contribution in [2.45, 2.75) is 45.6 Å². The number of hydrogen-bond donors (Lipinski definition) is 1. The van der Waals surface area contributed by atoms with Crippen LogP contribution in [0, 0.1) is 0 Å². The lowest BCUT2D eigenvalue weighted by Crippen LogP contribution is -2.32. The Morgan fingerprint density at radius 1 is 1.21 bits per heavy atom. The summed E-state index contributed by atoms with van der Waals surface area (Å²) < 4.78 is 0. The van der Waals surface area contributed by atoms with Gasteiger partial charge in [-0.2, -0.15) is 0 Å². The lowest BCUT2D eigenvalue weighted by molar-refractivity contribution is -0.138. The first-order valence-electron chi connectivity index (χ1n) is 7.02. The van der Waals surface area contributed by atoms with E-state index in [-0.39, 0.29) is 12.5 Å². The van der Waals surface area contributed by atoms with E-state index in [1.165, 1.54) is 17.5 Å². The monoisotopic (exact) mass is 263 g/mol. The minimum absolute atomic E-state index is 0.0804. The second kappa shape index (κ2) is 7.95. The quantitative estimate of drug-likeness (QED) is 0.784. The van der Waals surface area contributed by atoms with Crippen LogP contribution in [0.5, 0.6) is 0 Å². The van der Waals surface area contributed by atoms with Crippen molar-refractivity contribution < 1.29 is 9.90 Å². The fourth-order valence-electron chi connectivity index (χ4n) is 2.10. The van der Waals surface area contributed by atoms with Crippen LogP contribution < -0.4 is 0 Å². The van der Waals surface area contributed by atoms with Crippen LogP contribution >= 0.6 is 0 Å². The SMILES string of the molecule is CCCc1ccc(CCN(C)C(C)CC(=O)O)cc1. The summed E-state index contributed by atoms with van der Waals surface area (Å²) in [6.07, 6.45) is 3.48. The zero-order valence-electron chi connectivity index (χ0n) is 12.2. The average Bonchev–Trinajstić information content (AvgIpc) is 2.37. The average molecular weight is 263 g/mol. The summed E-state index contributed by atoms with van der Waals surface area (Å²) in [7, 11) is 1.99. The second-order valence-electron chi connectivity index (χ2n) is 5.24. The summed E-state index contributed by atoms with van der Waals surface area (Å²) in [5, 5.41) is 8.77. The number of nitrogens with zero attached hydrogens (tertiary/aromatic N) is 1. The number of benzene rings is 1. The van der Waals surface area contributed by atoms with Gasteiger partial charge in [-0.15, -0.1) is 0 Å². The van der Waals surface area contributed by atoms with Crippen LogP contribution in [0.2, 0.25) is 0 Å². The van der Waals surface area contributed by atoms with Crippen LogP contribution in [-0.4, -0.2) is 35.6 Å². The molecular weight excluding hydrogens is 238 g/mol. The van der Waals surface area contributed by atoms with Crippen LogP contribution in [0.15, 0.2) is 24.3 Å². The first-order valence-corrected chi connectivity index (χ1v) is 7.02. The molecule has 1 atom stereocenters. The van der Waals surface area contributed by atoms with E-state index < -0.39 is 5.97 Å². The highest BCUT2D eigenvalue weighted by Gasteiger charge is 2.12. The van der Waals surface area contributed by atoms with Crippen LogP contribution in [-0.2, 0) is 17.6 Å². The first-order chi connectivity index (χ1) is 9.02. The minimum Gasteiger partial charge on any atom is -0.481 e.